The molecule has 2 aromatic rings. The zero-order valence-corrected chi connectivity index (χ0v) is 12.0. The fourth-order valence-electron chi connectivity index (χ4n) is 1.44. The first-order valence-corrected chi connectivity index (χ1v) is 6.53. The predicted octanol–water partition coefficient (Wildman–Crippen LogP) is 2.43. The lowest BCUT2D eigenvalue weighted by molar-refractivity contribution is -0.116. The van der Waals surface area contributed by atoms with Crippen molar-refractivity contribution < 1.29 is 9.90 Å². The van der Waals surface area contributed by atoms with Gasteiger partial charge in [0.1, 0.15) is 12.7 Å². The Bertz CT molecular complexity index is 589. The summed E-state index contributed by atoms with van der Waals surface area (Å²) in [5, 5.41) is 16.7. The molecule has 0 unspecified atom stereocenters. The Balaban J connectivity index is 1.99. The highest BCUT2D eigenvalue weighted by Crippen LogP contribution is 2.35. The van der Waals surface area contributed by atoms with Crippen LogP contribution in [0.1, 0.15) is 6.42 Å². The van der Waals surface area contributed by atoms with Crippen molar-refractivity contribution in [1.82, 2.24) is 14.8 Å². The number of anilines is 1. The van der Waals surface area contributed by atoms with Crippen LogP contribution < -0.4 is 5.32 Å². The number of hydrogen-bond donors (Lipinski definition) is 2. The van der Waals surface area contributed by atoms with Crippen LogP contribution in [-0.4, -0.2) is 25.8 Å². The number of phenols is 1. The van der Waals surface area contributed by atoms with E-state index < -0.39 is 0 Å². The fourth-order valence-corrected chi connectivity index (χ4v) is 2.25. The Hall–Kier alpha value is -1.60. The van der Waals surface area contributed by atoms with Gasteiger partial charge in [-0.3, -0.25) is 9.48 Å². The third-order valence-corrected chi connectivity index (χ3v) is 3.16. The third-order valence-electron chi connectivity index (χ3n) is 2.34. The van der Waals surface area contributed by atoms with Crippen molar-refractivity contribution in [3.05, 3.63) is 34.3 Å². The molecular formula is C11H10BrClN4O2. The molecule has 8 heteroatoms. The largest absolute Gasteiger partial charge is 0.505 e. The SMILES string of the molecule is O=C(CCn1cncn1)Nc1cc(Cl)cc(Br)c1O. The van der Waals surface area contributed by atoms with Gasteiger partial charge in [-0.25, -0.2) is 4.98 Å². The van der Waals surface area contributed by atoms with E-state index in [-0.39, 0.29) is 23.8 Å². The van der Waals surface area contributed by atoms with E-state index >= 15 is 0 Å². The van der Waals surface area contributed by atoms with E-state index in [0.717, 1.165) is 0 Å². The van der Waals surface area contributed by atoms with Crippen LogP contribution in [0.4, 0.5) is 5.69 Å². The van der Waals surface area contributed by atoms with Crippen molar-refractivity contribution in [3.8, 4) is 5.75 Å². The first kappa shape index (κ1) is 13.8. The Morgan fingerprint density at radius 1 is 1.53 bits per heavy atom. The molecule has 19 heavy (non-hydrogen) atoms. The summed E-state index contributed by atoms with van der Waals surface area (Å²) in [7, 11) is 0. The molecule has 0 fully saturated rings. The van der Waals surface area contributed by atoms with E-state index in [0.29, 0.717) is 16.0 Å². The van der Waals surface area contributed by atoms with E-state index in [1.165, 1.54) is 18.7 Å². The molecule has 0 atom stereocenters. The lowest BCUT2D eigenvalue weighted by Gasteiger charge is -2.09. The Kier molecular flexibility index (Phi) is 4.39. The second-order valence-corrected chi connectivity index (χ2v) is 5.03. The van der Waals surface area contributed by atoms with Crippen LogP contribution in [0.2, 0.25) is 5.02 Å². The number of nitrogens with zero attached hydrogens (tertiary/aromatic N) is 3. The number of aromatic hydroxyl groups is 1. The quantitative estimate of drug-likeness (QED) is 0.834. The van der Waals surface area contributed by atoms with Crippen LogP contribution in [0.25, 0.3) is 0 Å². The smallest absolute Gasteiger partial charge is 0.226 e. The van der Waals surface area contributed by atoms with Gasteiger partial charge in [-0.05, 0) is 28.1 Å². The molecule has 0 aliphatic heterocycles. The summed E-state index contributed by atoms with van der Waals surface area (Å²) in [4.78, 5) is 15.5. The highest BCUT2D eigenvalue weighted by atomic mass is 79.9. The van der Waals surface area contributed by atoms with Gasteiger partial charge in [0, 0.05) is 11.4 Å². The third kappa shape index (κ3) is 3.68. The topological polar surface area (TPSA) is 80.0 Å². The van der Waals surface area contributed by atoms with Gasteiger partial charge in [0.2, 0.25) is 5.91 Å². The van der Waals surface area contributed by atoms with E-state index in [1.807, 2.05) is 0 Å². The summed E-state index contributed by atoms with van der Waals surface area (Å²) < 4.78 is 1.97. The van der Waals surface area contributed by atoms with Crippen molar-refractivity contribution >= 4 is 39.1 Å². The molecule has 0 aliphatic rings. The van der Waals surface area contributed by atoms with Crippen LogP contribution in [-0.2, 0) is 11.3 Å². The van der Waals surface area contributed by atoms with Gasteiger partial charge >= 0.3 is 0 Å². The number of hydrogen-bond acceptors (Lipinski definition) is 4. The average Bonchev–Trinajstić information content (AvgIpc) is 2.86. The summed E-state index contributed by atoms with van der Waals surface area (Å²) in [5.74, 6) is -0.307. The van der Waals surface area contributed by atoms with Gasteiger partial charge < -0.3 is 10.4 Å². The van der Waals surface area contributed by atoms with Crippen molar-refractivity contribution in [3.63, 3.8) is 0 Å². The number of halogens is 2. The van der Waals surface area contributed by atoms with Gasteiger partial charge in [0.15, 0.2) is 5.75 Å². The molecule has 0 bridgehead atoms. The molecule has 0 aliphatic carbocycles. The summed E-state index contributed by atoms with van der Waals surface area (Å²) in [5.41, 5.74) is 0.267. The summed E-state index contributed by atoms with van der Waals surface area (Å²) in [6, 6.07) is 3.02. The normalized spacial score (nSPS) is 10.4. The minimum atomic E-state index is -0.250. The second-order valence-electron chi connectivity index (χ2n) is 3.74. The number of amides is 1. The number of nitrogens with one attached hydrogen (secondary N) is 1. The van der Waals surface area contributed by atoms with Gasteiger partial charge in [-0.2, -0.15) is 5.10 Å². The van der Waals surface area contributed by atoms with Gasteiger partial charge in [-0.1, -0.05) is 11.6 Å². The molecule has 0 radical (unpaired) electrons. The maximum absolute atomic E-state index is 11.7. The molecule has 0 saturated heterocycles. The molecule has 100 valence electrons. The van der Waals surface area contributed by atoms with Gasteiger partial charge in [0.25, 0.3) is 0 Å². The number of carbonyl (C=O) groups excluding carboxylic acids is 1. The van der Waals surface area contributed by atoms with E-state index in [2.05, 4.69) is 31.3 Å². The molecule has 2 N–H and O–H groups in total. The molecule has 0 saturated carbocycles. The number of aromatic nitrogens is 3. The van der Waals surface area contributed by atoms with Crippen LogP contribution in [0, 0.1) is 0 Å². The first-order valence-electron chi connectivity index (χ1n) is 5.36. The maximum Gasteiger partial charge on any atom is 0.226 e. The highest BCUT2D eigenvalue weighted by molar-refractivity contribution is 9.10. The summed E-state index contributed by atoms with van der Waals surface area (Å²) in [6.45, 7) is 0.411. The van der Waals surface area contributed by atoms with E-state index in [4.69, 9.17) is 11.6 Å². The zero-order chi connectivity index (χ0) is 13.8. The Labute approximate surface area is 122 Å². The molecular weight excluding hydrogens is 336 g/mol. The van der Waals surface area contributed by atoms with E-state index in [1.54, 1.807) is 10.7 Å². The van der Waals surface area contributed by atoms with Crippen molar-refractivity contribution in [2.45, 2.75) is 13.0 Å². The molecule has 2 rings (SSSR count). The van der Waals surface area contributed by atoms with Crippen LogP contribution >= 0.6 is 27.5 Å². The number of aryl methyl sites for hydroxylation is 1. The lowest BCUT2D eigenvalue weighted by Crippen LogP contribution is -2.14. The molecule has 0 spiro atoms. The molecule has 1 amide bonds. The minimum absolute atomic E-state index is 0.0569. The Morgan fingerprint density at radius 2 is 2.32 bits per heavy atom. The van der Waals surface area contributed by atoms with E-state index in [9.17, 15) is 9.90 Å². The molecule has 1 aromatic carbocycles. The Morgan fingerprint density at radius 3 is 3.00 bits per heavy atom. The number of rotatable bonds is 4. The molecule has 1 aromatic heterocycles. The number of phenolic OH excluding ortho intramolecular Hbond substituents is 1. The molecule has 1 heterocycles. The molecule has 6 nitrogen and oxygen atoms in total. The van der Waals surface area contributed by atoms with Crippen molar-refractivity contribution in [2.24, 2.45) is 0 Å². The van der Waals surface area contributed by atoms with Crippen LogP contribution in [0.15, 0.2) is 29.3 Å². The van der Waals surface area contributed by atoms with Crippen LogP contribution in [0.5, 0.6) is 5.75 Å². The predicted molar refractivity (Wildman–Crippen MR) is 74.1 cm³/mol. The lowest BCUT2D eigenvalue weighted by atomic mass is 10.2. The average molecular weight is 346 g/mol. The van der Waals surface area contributed by atoms with Crippen molar-refractivity contribution in [1.29, 1.82) is 0 Å². The number of carbonyl (C=O) groups is 1. The first-order chi connectivity index (χ1) is 9.06. The second kappa shape index (κ2) is 6.03. The van der Waals surface area contributed by atoms with Crippen LogP contribution in [0.3, 0.4) is 0 Å². The number of benzene rings is 1. The van der Waals surface area contributed by atoms with Gasteiger partial charge in [-0.15, -0.1) is 0 Å². The van der Waals surface area contributed by atoms with Crippen molar-refractivity contribution in [2.75, 3.05) is 5.32 Å². The maximum atomic E-state index is 11.7. The standard InChI is InChI=1S/C11H10BrClN4O2/c12-8-3-7(13)4-9(11(8)19)16-10(18)1-2-17-6-14-5-15-17/h3-6,19H,1-2H2,(H,16,18). The zero-order valence-electron chi connectivity index (χ0n) is 9.68. The minimum Gasteiger partial charge on any atom is -0.505 e. The summed E-state index contributed by atoms with van der Waals surface area (Å²) >= 11 is 9.00. The summed E-state index contributed by atoms with van der Waals surface area (Å²) in [6.07, 6.45) is 3.14. The monoisotopic (exact) mass is 344 g/mol. The van der Waals surface area contributed by atoms with Gasteiger partial charge in [0.05, 0.1) is 16.7 Å². The highest BCUT2D eigenvalue weighted by Gasteiger charge is 2.10. The fraction of sp³-hybridized carbons (Fsp3) is 0.182.